The number of aliphatic hydroxyl groups is 2. The summed E-state index contributed by atoms with van der Waals surface area (Å²) >= 11 is 0. The molecule has 0 saturated carbocycles. The molecule has 1 aromatic carbocycles. The number of likely N-dealkylation sites (tertiary alicyclic amines) is 1. The Morgan fingerprint density at radius 2 is 2.00 bits per heavy atom. The molecular formula is C16H22N2O5. The third-order valence-corrected chi connectivity index (χ3v) is 3.94. The Balaban J connectivity index is 2.15. The molecule has 2 amide bonds. The lowest BCUT2D eigenvalue weighted by molar-refractivity contribution is -0.137. The van der Waals surface area contributed by atoms with Gasteiger partial charge in [-0.25, -0.2) is 0 Å². The maximum absolute atomic E-state index is 12.7. The van der Waals surface area contributed by atoms with Gasteiger partial charge in [0.1, 0.15) is 11.8 Å². The monoisotopic (exact) mass is 322 g/mol. The third kappa shape index (κ3) is 4.43. The lowest BCUT2D eigenvalue weighted by atomic mass is 10.0. The number of phenols is 1. The van der Waals surface area contributed by atoms with Crippen molar-refractivity contribution in [2.45, 2.75) is 38.0 Å². The minimum atomic E-state index is -0.781. The molecule has 1 heterocycles. The number of hydrogen-bond acceptors (Lipinski definition) is 5. The molecule has 2 rings (SSSR count). The number of aliphatic hydroxyl groups excluding tert-OH is 2. The third-order valence-electron chi connectivity index (χ3n) is 3.94. The molecule has 1 aromatic rings. The fourth-order valence-electron chi connectivity index (χ4n) is 2.85. The van der Waals surface area contributed by atoms with Crippen LogP contribution in [-0.2, 0) is 16.0 Å². The van der Waals surface area contributed by atoms with E-state index >= 15 is 0 Å². The maximum Gasteiger partial charge on any atom is 0.245 e. The number of nitrogens with zero attached hydrogens (tertiary/aromatic N) is 1. The lowest BCUT2D eigenvalue weighted by Gasteiger charge is -2.28. The number of rotatable bonds is 5. The number of β-amino-alcohol motifs (C(OH)–C–C–N with tert-alkyl or cyclic N) is 1. The Morgan fingerprint density at radius 1 is 1.35 bits per heavy atom. The molecule has 3 atom stereocenters. The molecular weight excluding hydrogens is 300 g/mol. The van der Waals surface area contributed by atoms with Gasteiger partial charge in [-0.05, 0) is 24.1 Å². The number of hydrogen-bond donors (Lipinski definition) is 4. The summed E-state index contributed by atoms with van der Waals surface area (Å²) in [6.45, 7) is 1.25. The molecule has 0 spiro atoms. The normalized spacial score (nSPS) is 22.0. The molecule has 23 heavy (non-hydrogen) atoms. The highest BCUT2D eigenvalue weighted by molar-refractivity contribution is 5.87. The van der Waals surface area contributed by atoms with Crippen molar-refractivity contribution >= 4 is 11.8 Å². The first-order valence-corrected chi connectivity index (χ1v) is 7.55. The number of nitrogens with one attached hydrogen (secondary N) is 1. The Labute approximate surface area is 134 Å². The van der Waals surface area contributed by atoms with Crippen LogP contribution in [0.2, 0.25) is 0 Å². The summed E-state index contributed by atoms with van der Waals surface area (Å²) in [4.78, 5) is 25.5. The standard InChI is InChI=1S/C16H22N2O5/c1-10(20)17-15(6-11-2-4-13(21)5-3-11)16(23)18-8-14(22)7-12(18)9-19/h2-5,12,14-15,19,21-22H,6-9H2,1H3,(H,17,20)/t12-,14-,15-/m0/s1. The zero-order chi connectivity index (χ0) is 17.0. The van der Waals surface area contributed by atoms with Crippen molar-refractivity contribution in [1.29, 1.82) is 0 Å². The minimum Gasteiger partial charge on any atom is -0.508 e. The zero-order valence-electron chi connectivity index (χ0n) is 13.0. The van der Waals surface area contributed by atoms with E-state index in [1.54, 1.807) is 12.1 Å². The first-order valence-electron chi connectivity index (χ1n) is 7.55. The molecule has 1 fully saturated rings. The lowest BCUT2D eigenvalue weighted by Crippen LogP contribution is -2.51. The van der Waals surface area contributed by atoms with Gasteiger partial charge in [0.05, 0.1) is 18.8 Å². The number of carbonyl (C=O) groups is 2. The van der Waals surface area contributed by atoms with Gasteiger partial charge in [-0.2, -0.15) is 0 Å². The average Bonchev–Trinajstić information content (AvgIpc) is 2.88. The SMILES string of the molecule is CC(=O)N[C@@H](Cc1ccc(O)cc1)C(=O)N1C[C@@H](O)C[C@H]1CO. The van der Waals surface area contributed by atoms with E-state index in [1.165, 1.54) is 24.0 Å². The van der Waals surface area contributed by atoms with E-state index < -0.39 is 18.2 Å². The van der Waals surface area contributed by atoms with Crippen molar-refractivity contribution < 1.29 is 24.9 Å². The van der Waals surface area contributed by atoms with Gasteiger partial charge in [-0.15, -0.1) is 0 Å². The van der Waals surface area contributed by atoms with Crippen LogP contribution in [0.4, 0.5) is 0 Å². The van der Waals surface area contributed by atoms with Crippen molar-refractivity contribution in [1.82, 2.24) is 10.2 Å². The second kappa shape index (κ2) is 7.43. The van der Waals surface area contributed by atoms with E-state index in [0.717, 1.165) is 5.56 Å². The summed E-state index contributed by atoms with van der Waals surface area (Å²) in [6, 6.07) is 5.17. The maximum atomic E-state index is 12.7. The fourth-order valence-corrected chi connectivity index (χ4v) is 2.85. The summed E-state index contributed by atoms with van der Waals surface area (Å²) in [7, 11) is 0. The van der Waals surface area contributed by atoms with Crippen LogP contribution >= 0.6 is 0 Å². The van der Waals surface area contributed by atoms with Crippen LogP contribution in [-0.4, -0.2) is 63.4 Å². The molecule has 1 aliphatic rings. The van der Waals surface area contributed by atoms with E-state index in [-0.39, 0.29) is 37.1 Å². The van der Waals surface area contributed by atoms with Gasteiger partial charge >= 0.3 is 0 Å². The van der Waals surface area contributed by atoms with Crippen molar-refractivity contribution in [3.05, 3.63) is 29.8 Å². The number of amides is 2. The van der Waals surface area contributed by atoms with Crippen LogP contribution in [0, 0.1) is 0 Å². The second-order valence-corrected chi connectivity index (χ2v) is 5.84. The van der Waals surface area contributed by atoms with Gasteiger partial charge in [0.15, 0.2) is 0 Å². The van der Waals surface area contributed by atoms with Crippen molar-refractivity contribution in [3.63, 3.8) is 0 Å². The molecule has 0 unspecified atom stereocenters. The minimum absolute atomic E-state index is 0.124. The molecule has 1 saturated heterocycles. The van der Waals surface area contributed by atoms with E-state index in [0.29, 0.717) is 6.42 Å². The molecule has 0 radical (unpaired) electrons. The summed E-state index contributed by atoms with van der Waals surface area (Å²) < 4.78 is 0. The predicted octanol–water partition coefficient (Wildman–Crippen LogP) is -0.607. The van der Waals surface area contributed by atoms with Crippen LogP contribution in [0.15, 0.2) is 24.3 Å². The Hall–Kier alpha value is -2.12. The van der Waals surface area contributed by atoms with Gasteiger partial charge in [0.25, 0.3) is 0 Å². The number of phenolic OH excluding ortho intramolecular Hbond substituents is 1. The van der Waals surface area contributed by atoms with Crippen molar-refractivity contribution in [3.8, 4) is 5.75 Å². The Bertz CT molecular complexity index is 560. The molecule has 1 aliphatic heterocycles. The van der Waals surface area contributed by atoms with E-state index in [1.807, 2.05) is 0 Å². The van der Waals surface area contributed by atoms with Crippen LogP contribution in [0.3, 0.4) is 0 Å². The van der Waals surface area contributed by atoms with Crippen LogP contribution < -0.4 is 5.32 Å². The van der Waals surface area contributed by atoms with E-state index in [9.17, 15) is 24.9 Å². The van der Waals surface area contributed by atoms with Gasteiger partial charge in [-0.3, -0.25) is 9.59 Å². The highest BCUT2D eigenvalue weighted by Gasteiger charge is 2.37. The molecule has 0 aliphatic carbocycles. The Kier molecular flexibility index (Phi) is 5.57. The predicted molar refractivity (Wildman–Crippen MR) is 82.6 cm³/mol. The first kappa shape index (κ1) is 17.2. The van der Waals surface area contributed by atoms with Gasteiger partial charge in [-0.1, -0.05) is 12.1 Å². The second-order valence-electron chi connectivity index (χ2n) is 5.84. The summed E-state index contributed by atoms with van der Waals surface area (Å²) in [5.74, 6) is -0.537. The average molecular weight is 322 g/mol. The highest BCUT2D eigenvalue weighted by Crippen LogP contribution is 2.20. The van der Waals surface area contributed by atoms with Crippen LogP contribution in [0.1, 0.15) is 18.9 Å². The summed E-state index contributed by atoms with van der Waals surface area (Å²) in [6.07, 6.45) is -0.0692. The summed E-state index contributed by atoms with van der Waals surface area (Å²) in [5, 5.41) is 31.0. The molecule has 0 aromatic heterocycles. The number of carbonyl (C=O) groups excluding carboxylic acids is 2. The molecule has 7 nitrogen and oxygen atoms in total. The van der Waals surface area contributed by atoms with Crippen LogP contribution in [0.25, 0.3) is 0 Å². The van der Waals surface area contributed by atoms with E-state index in [2.05, 4.69) is 5.32 Å². The number of benzene rings is 1. The van der Waals surface area contributed by atoms with Crippen molar-refractivity contribution in [2.24, 2.45) is 0 Å². The van der Waals surface area contributed by atoms with Crippen LogP contribution in [0.5, 0.6) is 5.75 Å². The topological polar surface area (TPSA) is 110 Å². The summed E-state index contributed by atoms with van der Waals surface area (Å²) in [5.41, 5.74) is 0.787. The van der Waals surface area contributed by atoms with Crippen molar-refractivity contribution in [2.75, 3.05) is 13.2 Å². The fraction of sp³-hybridized carbons (Fsp3) is 0.500. The van der Waals surface area contributed by atoms with E-state index in [4.69, 9.17) is 0 Å². The smallest absolute Gasteiger partial charge is 0.245 e. The molecule has 4 N–H and O–H groups in total. The quantitative estimate of drug-likeness (QED) is 0.578. The van der Waals surface area contributed by atoms with Gasteiger partial charge in [0, 0.05) is 19.9 Å². The number of aromatic hydroxyl groups is 1. The molecule has 7 heteroatoms. The first-order chi connectivity index (χ1) is 10.9. The van der Waals surface area contributed by atoms with Gasteiger partial charge in [0.2, 0.25) is 11.8 Å². The Morgan fingerprint density at radius 3 is 2.57 bits per heavy atom. The zero-order valence-corrected chi connectivity index (χ0v) is 13.0. The molecule has 0 bridgehead atoms. The largest absolute Gasteiger partial charge is 0.508 e. The highest BCUT2D eigenvalue weighted by atomic mass is 16.3. The molecule has 126 valence electrons. The van der Waals surface area contributed by atoms with Gasteiger partial charge < -0.3 is 25.5 Å².